The molecule has 4 rings (SSSR count). The number of hydrogen-bond acceptors (Lipinski definition) is 3. The van der Waals surface area contributed by atoms with Crippen LogP contribution in [0.25, 0.3) is 11.1 Å². The topological polar surface area (TPSA) is 63.6 Å². The molecule has 6 heteroatoms. The van der Waals surface area contributed by atoms with Gasteiger partial charge in [-0.3, -0.25) is 4.79 Å². The molecule has 1 aromatic carbocycles. The number of pyridine rings is 1. The summed E-state index contributed by atoms with van der Waals surface area (Å²) in [7, 11) is 1.65. The Morgan fingerprint density at radius 3 is 2.54 bits per heavy atom. The molecule has 3 heterocycles. The number of carbonyl (C=O) groups is 1. The molecule has 1 fully saturated rings. The van der Waals surface area contributed by atoms with Gasteiger partial charge in [-0.05, 0) is 49.9 Å². The van der Waals surface area contributed by atoms with Crippen molar-refractivity contribution in [2.24, 2.45) is 5.92 Å². The quantitative estimate of drug-likeness (QED) is 0.889. The molecule has 2 atom stereocenters. The van der Waals surface area contributed by atoms with Crippen molar-refractivity contribution >= 4 is 6.03 Å². The molecule has 1 N–H and O–H groups in total. The first-order valence-electron chi connectivity index (χ1n) is 9.90. The van der Waals surface area contributed by atoms with Crippen molar-refractivity contribution in [3.63, 3.8) is 0 Å². The third-order valence-corrected chi connectivity index (χ3v) is 5.69. The second kappa shape index (κ2) is 7.34. The van der Waals surface area contributed by atoms with Crippen LogP contribution in [0.4, 0.5) is 4.79 Å². The van der Waals surface area contributed by atoms with E-state index >= 15 is 0 Å². The number of methoxy groups -OCH3 is 1. The summed E-state index contributed by atoms with van der Waals surface area (Å²) >= 11 is 0. The number of nitrogens with zero attached hydrogens (tertiary/aromatic N) is 2. The maximum Gasteiger partial charge on any atom is 0.317 e. The standard InChI is InChI=1S/C22H27N3O3/c1-14(2)23-22(27)24-11-15-10-17(13-24)21-19(8-9-20(26)25(21)12-15)16-4-6-18(28-3)7-5-16/h4-9,14-15,17H,10-13H2,1-3H3,(H,23,27)/t15-,17-/m1/s1. The number of piperidine rings is 1. The second-order valence-corrected chi connectivity index (χ2v) is 8.12. The van der Waals surface area contributed by atoms with Crippen LogP contribution >= 0.6 is 0 Å². The molecule has 148 valence electrons. The number of nitrogens with one attached hydrogen (secondary N) is 1. The summed E-state index contributed by atoms with van der Waals surface area (Å²) in [5.74, 6) is 1.28. The number of amides is 2. The molecule has 1 aromatic heterocycles. The average molecular weight is 381 g/mol. The Bertz CT molecular complexity index is 933. The van der Waals surface area contributed by atoms with Gasteiger partial charge in [0.1, 0.15) is 5.75 Å². The van der Waals surface area contributed by atoms with Crippen LogP contribution < -0.4 is 15.6 Å². The lowest BCUT2D eigenvalue weighted by Crippen LogP contribution is -2.53. The number of hydrogen-bond donors (Lipinski definition) is 1. The van der Waals surface area contributed by atoms with Gasteiger partial charge in [0.25, 0.3) is 5.56 Å². The first-order valence-corrected chi connectivity index (χ1v) is 9.90. The molecule has 1 saturated heterocycles. The molecule has 0 aliphatic carbocycles. The smallest absolute Gasteiger partial charge is 0.317 e. The van der Waals surface area contributed by atoms with Crippen molar-refractivity contribution in [1.29, 1.82) is 0 Å². The van der Waals surface area contributed by atoms with Crippen LogP contribution in [0.1, 0.15) is 31.9 Å². The van der Waals surface area contributed by atoms with Gasteiger partial charge in [0.15, 0.2) is 0 Å². The van der Waals surface area contributed by atoms with Gasteiger partial charge in [0.2, 0.25) is 0 Å². The third-order valence-electron chi connectivity index (χ3n) is 5.69. The minimum atomic E-state index is -0.0116. The molecule has 2 aliphatic heterocycles. The van der Waals surface area contributed by atoms with Crippen LogP contribution in [0.2, 0.25) is 0 Å². The van der Waals surface area contributed by atoms with Crippen molar-refractivity contribution in [1.82, 2.24) is 14.8 Å². The Morgan fingerprint density at radius 2 is 1.86 bits per heavy atom. The lowest BCUT2D eigenvalue weighted by Gasteiger charge is -2.43. The Labute approximate surface area is 165 Å². The molecule has 0 spiro atoms. The van der Waals surface area contributed by atoms with E-state index in [1.807, 2.05) is 53.6 Å². The summed E-state index contributed by atoms with van der Waals surface area (Å²) in [6.45, 7) is 5.95. The monoisotopic (exact) mass is 381 g/mol. The number of fused-ring (bicyclic) bond motifs is 4. The third kappa shape index (κ3) is 3.39. The minimum Gasteiger partial charge on any atom is -0.497 e. The Kier molecular flexibility index (Phi) is 4.87. The van der Waals surface area contributed by atoms with Gasteiger partial charge in [0.05, 0.1) is 7.11 Å². The highest BCUT2D eigenvalue weighted by Crippen LogP contribution is 2.40. The number of benzene rings is 1. The highest BCUT2D eigenvalue weighted by molar-refractivity contribution is 5.75. The van der Waals surface area contributed by atoms with Gasteiger partial charge in [-0.15, -0.1) is 0 Å². The van der Waals surface area contributed by atoms with Crippen LogP contribution in [0.3, 0.4) is 0 Å². The molecule has 2 amide bonds. The molecule has 2 bridgehead atoms. The van der Waals surface area contributed by atoms with Gasteiger partial charge in [-0.2, -0.15) is 0 Å². The maximum atomic E-state index is 12.6. The number of aromatic nitrogens is 1. The number of likely N-dealkylation sites (tertiary alicyclic amines) is 1. The molecule has 0 radical (unpaired) electrons. The zero-order chi connectivity index (χ0) is 19.8. The SMILES string of the molecule is COc1ccc(-c2ccc(=O)n3c2[C@@H]2C[C@H](CN(C(=O)NC(C)C)C2)C3)cc1. The van der Waals surface area contributed by atoms with Crippen molar-refractivity contribution in [3.05, 3.63) is 52.4 Å². The highest BCUT2D eigenvalue weighted by atomic mass is 16.5. The van der Waals surface area contributed by atoms with Crippen LogP contribution in [0.15, 0.2) is 41.2 Å². The van der Waals surface area contributed by atoms with Gasteiger partial charge < -0.3 is 19.5 Å². The first-order chi connectivity index (χ1) is 13.5. The summed E-state index contributed by atoms with van der Waals surface area (Å²) in [4.78, 5) is 27.1. The van der Waals surface area contributed by atoms with Gasteiger partial charge in [-0.1, -0.05) is 12.1 Å². The molecule has 2 aliphatic rings. The van der Waals surface area contributed by atoms with E-state index in [2.05, 4.69) is 5.32 Å². The van der Waals surface area contributed by atoms with Crippen molar-refractivity contribution in [3.8, 4) is 16.9 Å². The normalized spacial score (nSPS) is 20.6. The highest BCUT2D eigenvalue weighted by Gasteiger charge is 2.37. The summed E-state index contributed by atoms with van der Waals surface area (Å²) in [6.07, 6.45) is 1.01. The molecule has 0 saturated carbocycles. The van der Waals surface area contributed by atoms with Crippen LogP contribution in [-0.4, -0.2) is 41.7 Å². The lowest BCUT2D eigenvalue weighted by atomic mass is 9.80. The van der Waals surface area contributed by atoms with E-state index in [-0.39, 0.29) is 23.6 Å². The molecular formula is C22H27N3O3. The Morgan fingerprint density at radius 1 is 1.11 bits per heavy atom. The molecular weight excluding hydrogens is 354 g/mol. The van der Waals surface area contributed by atoms with Gasteiger partial charge in [-0.25, -0.2) is 4.79 Å². The average Bonchev–Trinajstić information content (AvgIpc) is 2.68. The summed E-state index contributed by atoms with van der Waals surface area (Å²) < 4.78 is 7.19. The zero-order valence-corrected chi connectivity index (χ0v) is 16.6. The fourth-order valence-corrected chi connectivity index (χ4v) is 4.53. The predicted molar refractivity (Wildman–Crippen MR) is 109 cm³/mol. The summed E-state index contributed by atoms with van der Waals surface area (Å²) in [5, 5.41) is 3.00. The molecule has 6 nitrogen and oxygen atoms in total. The van der Waals surface area contributed by atoms with Crippen molar-refractivity contribution in [2.75, 3.05) is 20.2 Å². The summed E-state index contributed by atoms with van der Waals surface area (Å²) in [5.41, 5.74) is 3.22. The second-order valence-electron chi connectivity index (χ2n) is 8.12. The number of urea groups is 1. The lowest BCUT2D eigenvalue weighted by molar-refractivity contribution is 0.130. The van der Waals surface area contributed by atoms with Gasteiger partial charge in [0, 0.05) is 48.9 Å². The number of ether oxygens (including phenoxy) is 1. The van der Waals surface area contributed by atoms with Crippen LogP contribution in [-0.2, 0) is 6.54 Å². The maximum absolute atomic E-state index is 12.6. The molecule has 2 aromatic rings. The molecule has 0 unspecified atom stereocenters. The minimum absolute atomic E-state index is 0.0116. The van der Waals surface area contributed by atoms with E-state index in [0.29, 0.717) is 25.6 Å². The number of rotatable bonds is 3. The van der Waals surface area contributed by atoms with E-state index in [4.69, 9.17) is 4.74 Å². The Balaban J connectivity index is 1.72. The van der Waals surface area contributed by atoms with Crippen molar-refractivity contribution in [2.45, 2.75) is 38.8 Å². The largest absolute Gasteiger partial charge is 0.497 e. The Hall–Kier alpha value is -2.76. The van der Waals surface area contributed by atoms with E-state index < -0.39 is 0 Å². The van der Waals surface area contributed by atoms with E-state index in [0.717, 1.165) is 29.0 Å². The summed E-state index contributed by atoms with van der Waals surface area (Å²) in [6, 6.07) is 11.6. The fraction of sp³-hybridized carbons (Fsp3) is 0.455. The zero-order valence-electron chi connectivity index (χ0n) is 16.6. The first kappa shape index (κ1) is 18.6. The fourth-order valence-electron chi connectivity index (χ4n) is 4.53. The van der Waals surface area contributed by atoms with E-state index in [1.54, 1.807) is 13.2 Å². The van der Waals surface area contributed by atoms with Crippen molar-refractivity contribution < 1.29 is 9.53 Å². The van der Waals surface area contributed by atoms with E-state index in [1.165, 1.54) is 0 Å². The van der Waals surface area contributed by atoms with Gasteiger partial charge >= 0.3 is 6.03 Å². The number of carbonyl (C=O) groups excluding carboxylic acids is 1. The van der Waals surface area contributed by atoms with Crippen LogP contribution in [0, 0.1) is 5.92 Å². The van der Waals surface area contributed by atoms with E-state index in [9.17, 15) is 9.59 Å². The van der Waals surface area contributed by atoms with Crippen LogP contribution in [0.5, 0.6) is 5.75 Å². The molecule has 28 heavy (non-hydrogen) atoms. The predicted octanol–water partition coefficient (Wildman–Crippen LogP) is 3.06.